The largest absolute Gasteiger partial charge is 0.447 e. The van der Waals surface area contributed by atoms with Gasteiger partial charge in [-0.1, -0.05) is 26.0 Å². The average Bonchev–Trinajstić information content (AvgIpc) is 3.20. The molecular formula is C22H29NO4. The number of alkyl carbamates (subject to hydrolysis) is 1. The zero-order valence-electron chi connectivity index (χ0n) is 16.7. The van der Waals surface area contributed by atoms with E-state index in [1.165, 1.54) is 5.56 Å². The molecule has 2 aliphatic rings. The summed E-state index contributed by atoms with van der Waals surface area (Å²) in [4.78, 5) is 25.2. The maximum atomic E-state index is 13.0. The van der Waals surface area contributed by atoms with E-state index in [4.69, 9.17) is 9.47 Å². The maximum absolute atomic E-state index is 13.0. The van der Waals surface area contributed by atoms with E-state index in [1.807, 2.05) is 13.8 Å². The molecule has 5 heteroatoms. The van der Waals surface area contributed by atoms with Crippen LogP contribution in [0.2, 0.25) is 0 Å². The third-order valence-corrected chi connectivity index (χ3v) is 5.58. The number of aryl methyl sites for hydroxylation is 3. The molecule has 1 aliphatic heterocycles. The Kier molecular flexibility index (Phi) is 5.59. The van der Waals surface area contributed by atoms with Crippen molar-refractivity contribution < 1.29 is 19.1 Å². The zero-order valence-corrected chi connectivity index (χ0v) is 16.7. The molecule has 0 saturated heterocycles. The molecule has 1 aliphatic carbocycles. The highest BCUT2D eigenvalue weighted by Gasteiger charge is 2.52. The second-order valence-corrected chi connectivity index (χ2v) is 7.37. The van der Waals surface area contributed by atoms with Gasteiger partial charge in [-0.25, -0.2) is 9.59 Å². The Bertz CT molecular complexity index is 788. The van der Waals surface area contributed by atoms with Crippen molar-refractivity contribution in [3.05, 3.63) is 40.1 Å². The van der Waals surface area contributed by atoms with Crippen LogP contribution in [0.1, 0.15) is 68.7 Å². The topological polar surface area (TPSA) is 64.6 Å². The first-order valence-electron chi connectivity index (χ1n) is 10.0. The van der Waals surface area contributed by atoms with Gasteiger partial charge in [-0.3, -0.25) is 0 Å². The third-order valence-electron chi connectivity index (χ3n) is 5.58. The maximum Gasteiger partial charge on any atom is 0.412 e. The number of ether oxygens (including phenoxy) is 2. The highest BCUT2D eigenvalue weighted by atomic mass is 16.6. The number of hydrogen-bond acceptors (Lipinski definition) is 4. The summed E-state index contributed by atoms with van der Waals surface area (Å²) in [5, 5.41) is 2.66. The molecule has 3 rings (SSSR count). The van der Waals surface area contributed by atoms with Crippen LogP contribution in [0.4, 0.5) is 4.79 Å². The number of hydrogen-bond donors (Lipinski definition) is 1. The molecule has 1 spiro atoms. The highest BCUT2D eigenvalue weighted by Crippen LogP contribution is 2.49. The van der Waals surface area contributed by atoms with Gasteiger partial charge in [0.15, 0.2) is 11.4 Å². The van der Waals surface area contributed by atoms with E-state index in [9.17, 15) is 9.59 Å². The van der Waals surface area contributed by atoms with Crippen molar-refractivity contribution in [2.45, 2.75) is 71.8 Å². The molecule has 1 fully saturated rings. The van der Waals surface area contributed by atoms with Crippen LogP contribution in [0.3, 0.4) is 0 Å². The van der Waals surface area contributed by atoms with Gasteiger partial charge < -0.3 is 14.8 Å². The van der Waals surface area contributed by atoms with Crippen molar-refractivity contribution in [3.63, 3.8) is 0 Å². The molecule has 1 heterocycles. The molecule has 1 saturated carbocycles. The Morgan fingerprint density at radius 2 is 1.89 bits per heavy atom. The number of rotatable bonds is 5. The third kappa shape index (κ3) is 3.47. The number of esters is 1. The fourth-order valence-corrected chi connectivity index (χ4v) is 4.29. The first kappa shape index (κ1) is 19.5. The Hall–Kier alpha value is -2.30. The summed E-state index contributed by atoms with van der Waals surface area (Å²) in [5.74, 6) is 0.0243. The van der Waals surface area contributed by atoms with E-state index in [2.05, 4.69) is 31.3 Å². The minimum atomic E-state index is -0.793. The number of nitrogens with one attached hydrogen (secondary N) is 1. The van der Waals surface area contributed by atoms with Gasteiger partial charge >= 0.3 is 12.1 Å². The second kappa shape index (κ2) is 7.75. The number of carbonyl (C=O) groups is 2. The number of amides is 1. The van der Waals surface area contributed by atoms with Crippen LogP contribution >= 0.6 is 0 Å². The molecule has 1 N–H and O–H groups in total. The Labute approximate surface area is 161 Å². The predicted octanol–water partition coefficient (Wildman–Crippen LogP) is 4.45. The Morgan fingerprint density at radius 3 is 2.48 bits per heavy atom. The van der Waals surface area contributed by atoms with Crippen LogP contribution in [0.5, 0.6) is 0 Å². The van der Waals surface area contributed by atoms with E-state index in [0.29, 0.717) is 30.7 Å². The lowest BCUT2D eigenvalue weighted by Crippen LogP contribution is -2.33. The quantitative estimate of drug-likeness (QED) is 0.777. The molecule has 0 unspecified atom stereocenters. The van der Waals surface area contributed by atoms with Crippen LogP contribution in [-0.2, 0) is 27.1 Å². The summed E-state index contributed by atoms with van der Waals surface area (Å²) in [5.41, 5.74) is 3.85. The summed E-state index contributed by atoms with van der Waals surface area (Å²) >= 11 is 0. The van der Waals surface area contributed by atoms with Gasteiger partial charge in [0, 0.05) is 6.54 Å². The van der Waals surface area contributed by atoms with Crippen molar-refractivity contribution in [2.75, 3.05) is 6.54 Å². The van der Waals surface area contributed by atoms with Gasteiger partial charge in [-0.15, -0.1) is 0 Å². The van der Waals surface area contributed by atoms with E-state index in [-0.39, 0.29) is 5.97 Å². The zero-order chi connectivity index (χ0) is 19.6. The molecule has 0 radical (unpaired) electrons. The Morgan fingerprint density at radius 1 is 1.19 bits per heavy atom. The summed E-state index contributed by atoms with van der Waals surface area (Å²) < 4.78 is 11.6. The molecule has 1 amide bonds. The van der Waals surface area contributed by atoms with Gasteiger partial charge in [0.05, 0.1) is 0 Å². The molecule has 5 nitrogen and oxygen atoms in total. The fraction of sp³-hybridized carbons (Fsp3) is 0.545. The number of benzene rings is 1. The van der Waals surface area contributed by atoms with Crippen molar-refractivity contribution in [1.29, 1.82) is 0 Å². The molecular weight excluding hydrogens is 342 g/mol. The normalized spacial score (nSPS) is 18.1. The molecule has 27 heavy (non-hydrogen) atoms. The predicted molar refractivity (Wildman–Crippen MR) is 104 cm³/mol. The second-order valence-electron chi connectivity index (χ2n) is 7.37. The van der Waals surface area contributed by atoms with Crippen molar-refractivity contribution >= 4 is 17.6 Å². The monoisotopic (exact) mass is 371 g/mol. The lowest BCUT2D eigenvalue weighted by molar-refractivity contribution is -0.146. The molecule has 0 aromatic heterocycles. The van der Waals surface area contributed by atoms with Crippen LogP contribution in [0, 0.1) is 6.92 Å². The molecule has 1 aromatic carbocycles. The average molecular weight is 371 g/mol. The molecule has 0 bridgehead atoms. The highest BCUT2D eigenvalue weighted by molar-refractivity contribution is 6.21. The minimum absolute atomic E-state index is 0.377. The smallest absolute Gasteiger partial charge is 0.412 e. The lowest BCUT2D eigenvalue weighted by atomic mass is 9.88. The van der Waals surface area contributed by atoms with E-state index >= 15 is 0 Å². The first-order chi connectivity index (χ1) is 13.0. The van der Waals surface area contributed by atoms with Crippen LogP contribution in [0.25, 0.3) is 5.57 Å². The number of carbonyl (C=O) groups excluding carboxylic acids is 2. The van der Waals surface area contributed by atoms with E-state index < -0.39 is 11.7 Å². The van der Waals surface area contributed by atoms with E-state index in [1.54, 1.807) is 0 Å². The van der Waals surface area contributed by atoms with Gasteiger partial charge in [-0.05, 0) is 74.6 Å². The van der Waals surface area contributed by atoms with Gasteiger partial charge in [0.1, 0.15) is 5.57 Å². The van der Waals surface area contributed by atoms with Crippen LogP contribution < -0.4 is 5.32 Å². The fourth-order valence-electron chi connectivity index (χ4n) is 4.29. The Balaban J connectivity index is 2.19. The van der Waals surface area contributed by atoms with Gasteiger partial charge in [-0.2, -0.15) is 0 Å². The lowest BCUT2D eigenvalue weighted by Gasteiger charge is -2.24. The van der Waals surface area contributed by atoms with E-state index in [0.717, 1.165) is 42.4 Å². The van der Waals surface area contributed by atoms with Gasteiger partial charge in [0.25, 0.3) is 0 Å². The van der Waals surface area contributed by atoms with Crippen molar-refractivity contribution in [1.82, 2.24) is 5.32 Å². The SMILES string of the molecule is CCNC(=O)OC1=C(c2c(C)cc(CC)cc2CC)C(=O)OC12CCCC2. The first-order valence-corrected chi connectivity index (χ1v) is 10.0. The van der Waals surface area contributed by atoms with Gasteiger partial charge in [0.2, 0.25) is 0 Å². The summed E-state index contributed by atoms with van der Waals surface area (Å²) in [6, 6.07) is 4.25. The van der Waals surface area contributed by atoms with Crippen LogP contribution in [-0.4, -0.2) is 24.2 Å². The molecule has 1 aromatic rings. The summed E-state index contributed by atoms with van der Waals surface area (Å²) in [7, 11) is 0. The van der Waals surface area contributed by atoms with Crippen molar-refractivity contribution in [3.8, 4) is 0 Å². The van der Waals surface area contributed by atoms with Crippen molar-refractivity contribution in [2.24, 2.45) is 0 Å². The summed E-state index contributed by atoms with van der Waals surface area (Å²) in [6.07, 6.45) is 4.51. The standard InChI is InChI=1S/C22H29NO4/c1-5-15-12-14(4)17(16(6-2)13-15)18-19(26-21(25)23-7-3)22(27-20(18)24)10-8-9-11-22/h12-13H,5-11H2,1-4H3,(H,23,25). The minimum Gasteiger partial charge on any atom is -0.447 e. The van der Waals surface area contributed by atoms with Crippen LogP contribution in [0.15, 0.2) is 17.9 Å². The summed E-state index contributed by atoms with van der Waals surface area (Å²) in [6.45, 7) is 8.51. The molecule has 0 atom stereocenters. The molecule has 146 valence electrons.